The Kier molecular flexibility index (Phi) is 6.85. The van der Waals surface area contributed by atoms with E-state index < -0.39 is 6.04 Å². The predicted molar refractivity (Wildman–Crippen MR) is 104 cm³/mol. The molecule has 148 valence electrons. The highest BCUT2D eigenvalue weighted by Crippen LogP contribution is 2.17. The Morgan fingerprint density at radius 3 is 2.78 bits per heavy atom. The van der Waals surface area contributed by atoms with E-state index in [1.807, 2.05) is 26.0 Å². The van der Waals surface area contributed by atoms with Crippen LogP contribution >= 0.6 is 0 Å². The lowest BCUT2D eigenvalue weighted by Gasteiger charge is -2.29. The Labute approximate surface area is 161 Å². The molecule has 2 amide bonds. The number of carbonyl (C=O) groups excluding carboxylic acids is 2. The molecule has 0 saturated carbocycles. The summed E-state index contributed by atoms with van der Waals surface area (Å²) in [6.07, 6.45) is 3.58. The standard InChI is InChI=1S/C21H31N3O3/c1-3-14(2)19(21(26)23-13-17-9-6-10-27-17)24-20(25)18-11-15-7-4-5-8-16(15)12-22-18/h4-5,7-8,14,17-19,22H,3,6,9-13H2,1-2H3,(H,23,26)(H,24,25)/t14-,17-,18-,19+/m0/s1. The molecule has 0 unspecified atom stereocenters. The fourth-order valence-corrected chi connectivity index (χ4v) is 3.73. The van der Waals surface area contributed by atoms with Crippen LogP contribution in [0.5, 0.6) is 0 Å². The molecule has 0 radical (unpaired) electrons. The monoisotopic (exact) mass is 373 g/mol. The number of fused-ring (bicyclic) bond motifs is 1. The molecule has 1 aromatic carbocycles. The van der Waals surface area contributed by atoms with Crippen molar-refractivity contribution in [1.82, 2.24) is 16.0 Å². The van der Waals surface area contributed by atoms with E-state index >= 15 is 0 Å². The first-order chi connectivity index (χ1) is 13.1. The number of benzene rings is 1. The van der Waals surface area contributed by atoms with Gasteiger partial charge < -0.3 is 20.7 Å². The van der Waals surface area contributed by atoms with Gasteiger partial charge in [0.2, 0.25) is 11.8 Å². The molecule has 6 heteroatoms. The van der Waals surface area contributed by atoms with Crippen LogP contribution < -0.4 is 16.0 Å². The lowest BCUT2D eigenvalue weighted by molar-refractivity contribution is -0.131. The average Bonchev–Trinajstić information content (AvgIpc) is 3.22. The van der Waals surface area contributed by atoms with E-state index in [1.54, 1.807) is 0 Å². The quantitative estimate of drug-likeness (QED) is 0.677. The van der Waals surface area contributed by atoms with E-state index in [9.17, 15) is 9.59 Å². The zero-order chi connectivity index (χ0) is 19.2. The average molecular weight is 373 g/mol. The number of hydrogen-bond donors (Lipinski definition) is 3. The van der Waals surface area contributed by atoms with E-state index in [1.165, 1.54) is 11.1 Å². The van der Waals surface area contributed by atoms with Crippen molar-refractivity contribution >= 4 is 11.8 Å². The van der Waals surface area contributed by atoms with Crippen molar-refractivity contribution in [2.75, 3.05) is 13.2 Å². The molecule has 2 aliphatic rings. The van der Waals surface area contributed by atoms with Crippen molar-refractivity contribution < 1.29 is 14.3 Å². The summed E-state index contributed by atoms with van der Waals surface area (Å²) in [5, 5.41) is 9.24. The topological polar surface area (TPSA) is 79.5 Å². The van der Waals surface area contributed by atoms with Crippen LogP contribution in [0.15, 0.2) is 24.3 Å². The number of ether oxygens (including phenoxy) is 1. The minimum atomic E-state index is -0.525. The van der Waals surface area contributed by atoms with Gasteiger partial charge >= 0.3 is 0 Å². The predicted octanol–water partition coefficient (Wildman–Crippen LogP) is 1.53. The van der Waals surface area contributed by atoms with Crippen LogP contribution in [-0.2, 0) is 27.3 Å². The molecule has 0 aliphatic carbocycles. The molecule has 3 N–H and O–H groups in total. The van der Waals surface area contributed by atoms with E-state index in [2.05, 4.69) is 28.1 Å². The molecule has 0 bridgehead atoms. The van der Waals surface area contributed by atoms with Crippen molar-refractivity contribution in [3.05, 3.63) is 35.4 Å². The minimum absolute atomic E-state index is 0.0642. The van der Waals surface area contributed by atoms with Crippen LogP contribution in [0.4, 0.5) is 0 Å². The summed E-state index contributed by atoms with van der Waals surface area (Å²) in [7, 11) is 0. The van der Waals surface area contributed by atoms with Crippen molar-refractivity contribution in [1.29, 1.82) is 0 Å². The van der Waals surface area contributed by atoms with Gasteiger partial charge in [-0.2, -0.15) is 0 Å². The smallest absolute Gasteiger partial charge is 0.242 e. The molecule has 1 fully saturated rings. The Morgan fingerprint density at radius 1 is 1.30 bits per heavy atom. The zero-order valence-electron chi connectivity index (χ0n) is 16.3. The van der Waals surface area contributed by atoms with Crippen LogP contribution in [0, 0.1) is 5.92 Å². The molecule has 2 aliphatic heterocycles. The van der Waals surface area contributed by atoms with Crippen molar-refractivity contribution in [2.45, 2.75) is 64.3 Å². The first-order valence-corrected chi connectivity index (χ1v) is 10.1. The van der Waals surface area contributed by atoms with Crippen molar-refractivity contribution in [3.8, 4) is 0 Å². The third kappa shape index (κ3) is 5.08. The summed E-state index contributed by atoms with van der Waals surface area (Å²) in [5.74, 6) is -0.166. The molecule has 0 aromatic heterocycles. The third-order valence-electron chi connectivity index (χ3n) is 5.72. The lowest BCUT2D eigenvalue weighted by Crippen LogP contribution is -2.56. The van der Waals surface area contributed by atoms with Crippen LogP contribution in [-0.4, -0.2) is 43.2 Å². The van der Waals surface area contributed by atoms with Gasteiger partial charge in [-0.1, -0.05) is 44.5 Å². The molecular weight excluding hydrogens is 342 g/mol. The van der Waals surface area contributed by atoms with Gasteiger partial charge in [-0.3, -0.25) is 9.59 Å². The largest absolute Gasteiger partial charge is 0.376 e. The molecule has 2 heterocycles. The van der Waals surface area contributed by atoms with Gasteiger partial charge in [0.05, 0.1) is 12.1 Å². The highest BCUT2D eigenvalue weighted by atomic mass is 16.5. The van der Waals surface area contributed by atoms with Crippen LogP contribution in [0.25, 0.3) is 0 Å². The Balaban J connectivity index is 1.58. The molecule has 1 saturated heterocycles. The minimum Gasteiger partial charge on any atom is -0.376 e. The Bertz CT molecular complexity index is 658. The second kappa shape index (κ2) is 9.33. The summed E-state index contributed by atoms with van der Waals surface area (Å²) in [6, 6.07) is 7.33. The molecule has 6 nitrogen and oxygen atoms in total. The fraction of sp³-hybridized carbons (Fsp3) is 0.619. The van der Waals surface area contributed by atoms with E-state index in [-0.39, 0.29) is 29.9 Å². The highest BCUT2D eigenvalue weighted by Gasteiger charge is 2.31. The first-order valence-electron chi connectivity index (χ1n) is 10.1. The van der Waals surface area contributed by atoms with E-state index in [4.69, 9.17) is 4.74 Å². The van der Waals surface area contributed by atoms with E-state index in [0.717, 1.165) is 25.9 Å². The van der Waals surface area contributed by atoms with Crippen molar-refractivity contribution in [2.24, 2.45) is 5.92 Å². The maximum atomic E-state index is 12.8. The molecule has 4 atom stereocenters. The molecule has 3 rings (SSSR count). The number of nitrogens with one attached hydrogen (secondary N) is 3. The van der Waals surface area contributed by atoms with Gasteiger partial charge in [-0.05, 0) is 36.3 Å². The van der Waals surface area contributed by atoms with Crippen LogP contribution in [0.3, 0.4) is 0 Å². The van der Waals surface area contributed by atoms with Gasteiger partial charge in [0.25, 0.3) is 0 Å². The zero-order valence-corrected chi connectivity index (χ0v) is 16.3. The van der Waals surface area contributed by atoms with Gasteiger partial charge in [0, 0.05) is 19.7 Å². The van der Waals surface area contributed by atoms with Gasteiger partial charge in [-0.15, -0.1) is 0 Å². The second-order valence-corrected chi connectivity index (χ2v) is 7.66. The molecular formula is C21H31N3O3. The molecule has 0 spiro atoms. The maximum Gasteiger partial charge on any atom is 0.242 e. The Hall–Kier alpha value is -1.92. The van der Waals surface area contributed by atoms with Gasteiger partial charge in [0.15, 0.2) is 0 Å². The van der Waals surface area contributed by atoms with Gasteiger partial charge in [0.1, 0.15) is 6.04 Å². The lowest BCUT2D eigenvalue weighted by atomic mass is 9.94. The summed E-state index contributed by atoms with van der Waals surface area (Å²) < 4.78 is 5.57. The number of hydrogen-bond acceptors (Lipinski definition) is 4. The van der Waals surface area contributed by atoms with E-state index in [0.29, 0.717) is 19.5 Å². The highest BCUT2D eigenvalue weighted by molar-refractivity contribution is 5.90. The molecule has 1 aromatic rings. The maximum absolute atomic E-state index is 12.8. The first kappa shape index (κ1) is 19.8. The summed E-state index contributed by atoms with van der Waals surface area (Å²) >= 11 is 0. The fourth-order valence-electron chi connectivity index (χ4n) is 3.73. The Morgan fingerprint density at radius 2 is 2.07 bits per heavy atom. The summed E-state index contributed by atoms with van der Waals surface area (Å²) in [6.45, 7) is 5.98. The van der Waals surface area contributed by atoms with Crippen LogP contribution in [0.1, 0.15) is 44.2 Å². The van der Waals surface area contributed by atoms with Gasteiger partial charge in [-0.25, -0.2) is 0 Å². The summed E-state index contributed by atoms with van der Waals surface area (Å²) in [5.41, 5.74) is 2.42. The van der Waals surface area contributed by atoms with Crippen LogP contribution in [0.2, 0.25) is 0 Å². The second-order valence-electron chi connectivity index (χ2n) is 7.66. The molecule has 27 heavy (non-hydrogen) atoms. The number of amides is 2. The third-order valence-corrected chi connectivity index (χ3v) is 5.72. The number of carbonyl (C=O) groups is 2. The normalized spacial score (nSPS) is 23.9. The summed E-state index contributed by atoms with van der Waals surface area (Å²) in [4.78, 5) is 25.5. The SMILES string of the molecule is CC[C@H](C)[C@@H](NC(=O)[C@@H]1Cc2ccccc2CN1)C(=O)NC[C@@H]1CCCO1. The number of rotatable bonds is 7. The van der Waals surface area contributed by atoms with Crippen molar-refractivity contribution in [3.63, 3.8) is 0 Å².